The molecule has 0 amide bonds. The minimum absolute atomic E-state index is 0.00179. The minimum Gasteiger partial charge on any atom is -0.488 e. The summed E-state index contributed by atoms with van der Waals surface area (Å²) < 4.78 is 6.05. The zero-order valence-electron chi connectivity index (χ0n) is 12.2. The van der Waals surface area contributed by atoms with Crippen LogP contribution in [-0.4, -0.2) is 18.7 Å². The topological polar surface area (TPSA) is 21.3 Å². The molecule has 1 saturated heterocycles. The van der Waals surface area contributed by atoms with Gasteiger partial charge in [0, 0.05) is 0 Å². The smallest absolute Gasteiger partial charge is 0.123 e. The van der Waals surface area contributed by atoms with Crippen LogP contribution in [0.25, 0.3) is 0 Å². The van der Waals surface area contributed by atoms with Crippen LogP contribution in [0.1, 0.15) is 44.2 Å². The maximum absolute atomic E-state index is 6.05. The normalized spacial score (nSPS) is 25.5. The molecule has 2 aliphatic rings. The van der Waals surface area contributed by atoms with Crippen molar-refractivity contribution in [3.63, 3.8) is 0 Å². The van der Waals surface area contributed by atoms with Crippen LogP contribution >= 0.6 is 0 Å². The number of rotatable bonds is 2. The summed E-state index contributed by atoms with van der Waals surface area (Å²) in [5.41, 5.74) is 2.89. The van der Waals surface area contributed by atoms with Gasteiger partial charge in [-0.3, -0.25) is 0 Å². The van der Waals surface area contributed by atoms with E-state index in [2.05, 4.69) is 37.4 Å². The Kier molecular flexibility index (Phi) is 3.53. The molecule has 0 radical (unpaired) electrons. The second kappa shape index (κ2) is 5.16. The van der Waals surface area contributed by atoms with Gasteiger partial charge in [0.1, 0.15) is 11.4 Å². The van der Waals surface area contributed by atoms with Gasteiger partial charge in [-0.1, -0.05) is 12.1 Å². The second-order valence-electron chi connectivity index (χ2n) is 6.72. The summed E-state index contributed by atoms with van der Waals surface area (Å²) in [6.07, 6.45) is 6.18. The molecule has 0 saturated carbocycles. The molecule has 1 aromatic carbocycles. The van der Waals surface area contributed by atoms with Crippen molar-refractivity contribution in [2.24, 2.45) is 5.92 Å². The third-order valence-electron chi connectivity index (χ3n) is 4.43. The first-order valence-corrected chi connectivity index (χ1v) is 7.64. The van der Waals surface area contributed by atoms with Gasteiger partial charge in [-0.25, -0.2) is 0 Å². The second-order valence-corrected chi connectivity index (χ2v) is 6.72. The van der Waals surface area contributed by atoms with E-state index >= 15 is 0 Å². The van der Waals surface area contributed by atoms with Crippen LogP contribution in [0.2, 0.25) is 0 Å². The Morgan fingerprint density at radius 2 is 2.26 bits per heavy atom. The Balaban J connectivity index is 1.71. The standard InChI is InChI=1S/C17H25NO/c1-17(2)8-7-15-11-13(5-6-16(15)19-17)10-14-4-3-9-18-12-14/h5-6,11,14,18H,3-4,7-10,12H2,1-2H3. The molecule has 0 bridgehead atoms. The average Bonchev–Trinajstić information content (AvgIpc) is 2.39. The van der Waals surface area contributed by atoms with Crippen molar-refractivity contribution in [2.75, 3.05) is 13.1 Å². The summed E-state index contributed by atoms with van der Waals surface area (Å²) in [4.78, 5) is 0. The van der Waals surface area contributed by atoms with Gasteiger partial charge in [0.15, 0.2) is 0 Å². The lowest BCUT2D eigenvalue weighted by Gasteiger charge is -2.33. The van der Waals surface area contributed by atoms with Gasteiger partial charge in [0.25, 0.3) is 0 Å². The molecule has 0 aromatic heterocycles. The molecule has 1 fully saturated rings. The van der Waals surface area contributed by atoms with Crippen molar-refractivity contribution in [3.05, 3.63) is 29.3 Å². The highest BCUT2D eigenvalue weighted by atomic mass is 16.5. The summed E-state index contributed by atoms with van der Waals surface area (Å²) in [5, 5.41) is 3.50. The maximum atomic E-state index is 6.05. The first-order chi connectivity index (χ1) is 9.12. The van der Waals surface area contributed by atoms with Crippen molar-refractivity contribution in [1.29, 1.82) is 0 Å². The summed E-state index contributed by atoms with van der Waals surface area (Å²) in [7, 11) is 0. The third-order valence-corrected chi connectivity index (χ3v) is 4.43. The van der Waals surface area contributed by atoms with Crippen LogP contribution in [0.5, 0.6) is 5.75 Å². The summed E-state index contributed by atoms with van der Waals surface area (Å²) in [6.45, 7) is 6.74. The van der Waals surface area contributed by atoms with Crippen molar-refractivity contribution in [2.45, 2.75) is 51.6 Å². The van der Waals surface area contributed by atoms with Crippen LogP contribution < -0.4 is 10.1 Å². The quantitative estimate of drug-likeness (QED) is 0.879. The predicted molar refractivity (Wildman–Crippen MR) is 78.8 cm³/mol. The summed E-state index contributed by atoms with van der Waals surface area (Å²) >= 11 is 0. The Hall–Kier alpha value is -1.02. The van der Waals surface area contributed by atoms with Crippen LogP contribution in [0.3, 0.4) is 0 Å². The average molecular weight is 259 g/mol. The number of nitrogens with one attached hydrogen (secondary N) is 1. The molecule has 0 spiro atoms. The number of hydrogen-bond donors (Lipinski definition) is 1. The lowest BCUT2D eigenvalue weighted by molar-refractivity contribution is 0.0846. The summed E-state index contributed by atoms with van der Waals surface area (Å²) in [6, 6.07) is 6.82. The molecule has 1 atom stereocenters. The van der Waals surface area contributed by atoms with E-state index in [0.717, 1.165) is 24.5 Å². The van der Waals surface area contributed by atoms with Crippen molar-refractivity contribution in [3.8, 4) is 5.75 Å². The van der Waals surface area contributed by atoms with Crippen molar-refractivity contribution < 1.29 is 4.74 Å². The van der Waals surface area contributed by atoms with Crippen LogP contribution in [0.4, 0.5) is 0 Å². The first kappa shape index (κ1) is 13.0. The number of hydrogen-bond acceptors (Lipinski definition) is 2. The van der Waals surface area contributed by atoms with E-state index in [0.29, 0.717) is 0 Å². The maximum Gasteiger partial charge on any atom is 0.123 e. The zero-order chi connectivity index (χ0) is 13.3. The molecular formula is C17H25NO. The van der Waals surface area contributed by atoms with E-state index in [1.54, 1.807) is 0 Å². The van der Waals surface area contributed by atoms with E-state index < -0.39 is 0 Å². The highest BCUT2D eigenvalue weighted by Crippen LogP contribution is 2.34. The highest BCUT2D eigenvalue weighted by molar-refractivity contribution is 5.39. The lowest BCUT2D eigenvalue weighted by Crippen LogP contribution is -2.33. The number of piperidine rings is 1. The largest absolute Gasteiger partial charge is 0.488 e. The Morgan fingerprint density at radius 3 is 3.05 bits per heavy atom. The number of aryl methyl sites for hydroxylation is 1. The Morgan fingerprint density at radius 1 is 1.37 bits per heavy atom. The fourth-order valence-electron chi connectivity index (χ4n) is 3.27. The highest BCUT2D eigenvalue weighted by Gasteiger charge is 2.26. The van der Waals surface area contributed by atoms with Gasteiger partial charge in [-0.15, -0.1) is 0 Å². The Labute approximate surface area is 116 Å². The van der Waals surface area contributed by atoms with Gasteiger partial charge < -0.3 is 10.1 Å². The summed E-state index contributed by atoms with van der Waals surface area (Å²) in [5.74, 6) is 1.91. The van der Waals surface area contributed by atoms with E-state index in [1.807, 2.05) is 0 Å². The molecule has 1 unspecified atom stereocenters. The fourth-order valence-corrected chi connectivity index (χ4v) is 3.27. The van der Waals surface area contributed by atoms with E-state index in [-0.39, 0.29) is 5.60 Å². The molecular weight excluding hydrogens is 234 g/mol. The lowest BCUT2D eigenvalue weighted by atomic mass is 9.89. The predicted octanol–water partition coefficient (Wildman–Crippen LogP) is 3.33. The molecule has 2 heterocycles. The van der Waals surface area contributed by atoms with Crippen molar-refractivity contribution >= 4 is 0 Å². The number of benzene rings is 1. The molecule has 3 rings (SSSR count). The molecule has 1 N–H and O–H groups in total. The molecule has 1 aromatic rings. The van der Waals surface area contributed by atoms with E-state index in [1.165, 1.54) is 43.5 Å². The van der Waals surface area contributed by atoms with Gasteiger partial charge in [-0.2, -0.15) is 0 Å². The molecule has 0 aliphatic carbocycles. The van der Waals surface area contributed by atoms with Crippen molar-refractivity contribution in [1.82, 2.24) is 5.32 Å². The molecule has 19 heavy (non-hydrogen) atoms. The SMILES string of the molecule is CC1(C)CCc2cc(CC3CCCNC3)ccc2O1. The molecule has 2 aliphatic heterocycles. The van der Waals surface area contributed by atoms with Gasteiger partial charge >= 0.3 is 0 Å². The van der Waals surface area contributed by atoms with Crippen LogP contribution in [0, 0.1) is 5.92 Å². The number of fused-ring (bicyclic) bond motifs is 1. The first-order valence-electron chi connectivity index (χ1n) is 7.64. The van der Waals surface area contributed by atoms with E-state index in [9.17, 15) is 0 Å². The van der Waals surface area contributed by atoms with Gasteiger partial charge in [0.05, 0.1) is 0 Å². The Bertz CT molecular complexity index is 447. The fraction of sp³-hybridized carbons (Fsp3) is 0.647. The van der Waals surface area contributed by atoms with Gasteiger partial charge in [-0.05, 0) is 82.2 Å². The van der Waals surface area contributed by atoms with Crippen LogP contribution in [-0.2, 0) is 12.8 Å². The monoisotopic (exact) mass is 259 g/mol. The molecule has 2 nitrogen and oxygen atoms in total. The number of ether oxygens (including phenoxy) is 1. The van der Waals surface area contributed by atoms with Gasteiger partial charge in [0.2, 0.25) is 0 Å². The van der Waals surface area contributed by atoms with E-state index in [4.69, 9.17) is 4.74 Å². The molecule has 2 heteroatoms. The molecule has 104 valence electrons. The third kappa shape index (κ3) is 3.11. The zero-order valence-corrected chi connectivity index (χ0v) is 12.2. The van der Waals surface area contributed by atoms with Crippen LogP contribution in [0.15, 0.2) is 18.2 Å². The minimum atomic E-state index is 0.00179.